The van der Waals surface area contributed by atoms with Crippen molar-refractivity contribution in [3.8, 4) is 17.0 Å². The van der Waals surface area contributed by atoms with Crippen LogP contribution >= 0.6 is 34.7 Å². The average Bonchev–Trinajstić information content (AvgIpc) is 3.47. The van der Waals surface area contributed by atoms with Gasteiger partial charge in [-0.3, -0.25) is 4.79 Å². The number of thioether (sulfide) groups is 1. The smallest absolute Gasteiger partial charge is 0.236 e. The molecule has 0 radical (unpaired) electrons. The maximum absolute atomic E-state index is 12.6. The fourth-order valence-corrected chi connectivity index (χ4v) is 5.22. The van der Waals surface area contributed by atoms with Crippen molar-refractivity contribution < 1.29 is 9.53 Å². The predicted molar refractivity (Wildman–Crippen MR) is 143 cm³/mol. The summed E-state index contributed by atoms with van der Waals surface area (Å²) in [4.78, 5) is 17.1. The second-order valence-corrected chi connectivity index (χ2v) is 10.2. The highest BCUT2D eigenvalue weighted by Gasteiger charge is 2.20. The van der Waals surface area contributed by atoms with Gasteiger partial charge >= 0.3 is 0 Å². The second-order valence-electron chi connectivity index (χ2n) is 8.00. The standard InChI is InChI=1S/C25H26ClN5O2S2/c1-5-31-23(17(4)33-21-11-6-15(2)12-16(21)3)29-30-25(31)35-14-22(32)28-24-27-20(13-34-24)18-7-9-19(26)10-8-18/h6-13,17H,5,14H2,1-4H3,(H,27,28,32). The third kappa shape index (κ3) is 6.22. The van der Waals surface area contributed by atoms with Crippen LogP contribution in [0.3, 0.4) is 0 Å². The Hall–Kier alpha value is -2.88. The van der Waals surface area contributed by atoms with E-state index in [1.165, 1.54) is 28.7 Å². The van der Waals surface area contributed by atoms with Gasteiger partial charge in [0.2, 0.25) is 5.91 Å². The number of anilines is 1. The molecule has 182 valence electrons. The van der Waals surface area contributed by atoms with Crippen LogP contribution in [0.2, 0.25) is 5.02 Å². The average molecular weight is 528 g/mol. The molecule has 4 rings (SSSR count). The molecule has 0 spiro atoms. The first-order valence-electron chi connectivity index (χ1n) is 11.1. The zero-order chi connectivity index (χ0) is 24.9. The van der Waals surface area contributed by atoms with E-state index in [0.717, 1.165) is 28.4 Å². The molecule has 1 N–H and O–H groups in total. The molecular formula is C25H26ClN5O2S2. The number of benzene rings is 2. The lowest BCUT2D eigenvalue weighted by atomic mass is 10.1. The van der Waals surface area contributed by atoms with E-state index in [1.807, 2.05) is 67.1 Å². The van der Waals surface area contributed by atoms with Gasteiger partial charge in [0.1, 0.15) is 5.75 Å². The van der Waals surface area contributed by atoms with Gasteiger partial charge in [-0.1, -0.05) is 53.2 Å². The molecule has 2 aromatic heterocycles. The largest absolute Gasteiger partial charge is 0.482 e. The van der Waals surface area contributed by atoms with Crippen molar-refractivity contribution in [1.29, 1.82) is 0 Å². The van der Waals surface area contributed by atoms with E-state index in [2.05, 4.69) is 33.5 Å². The highest BCUT2D eigenvalue weighted by molar-refractivity contribution is 7.99. The van der Waals surface area contributed by atoms with E-state index in [1.54, 1.807) is 0 Å². The van der Waals surface area contributed by atoms with Crippen LogP contribution in [0.5, 0.6) is 5.75 Å². The van der Waals surface area contributed by atoms with Crippen molar-refractivity contribution in [2.45, 2.75) is 45.5 Å². The van der Waals surface area contributed by atoms with Crippen molar-refractivity contribution in [1.82, 2.24) is 19.7 Å². The summed E-state index contributed by atoms with van der Waals surface area (Å²) in [5.74, 6) is 1.59. The molecule has 2 aromatic carbocycles. The zero-order valence-corrected chi connectivity index (χ0v) is 22.3. The maximum atomic E-state index is 12.6. The lowest BCUT2D eigenvalue weighted by Crippen LogP contribution is -2.15. The summed E-state index contributed by atoms with van der Waals surface area (Å²) in [6.45, 7) is 8.73. The van der Waals surface area contributed by atoms with Gasteiger partial charge in [-0.2, -0.15) is 0 Å². The van der Waals surface area contributed by atoms with E-state index < -0.39 is 0 Å². The Bertz CT molecular complexity index is 1320. The van der Waals surface area contributed by atoms with Crippen LogP contribution in [0.15, 0.2) is 53.0 Å². The molecule has 0 aliphatic heterocycles. The molecule has 0 saturated carbocycles. The Labute approximate surface area is 217 Å². The topological polar surface area (TPSA) is 81.9 Å². The lowest BCUT2D eigenvalue weighted by Gasteiger charge is -2.17. The van der Waals surface area contributed by atoms with Gasteiger partial charge < -0.3 is 14.6 Å². The number of thiazole rings is 1. The minimum Gasteiger partial charge on any atom is -0.482 e. The van der Waals surface area contributed by atoms with Gasteiger partial charge in [0, 0.05) is 22.5 Å². The number of nitrogens with zero attached hydrogens (tertiary/aromatic N) is 4. The first-order chi connectivity index (χ1) is 16.8. The number of ether oxygens (including phenoxy) is 1. The summed E-state index contributed by atoms with van der Waals surface area (Å²) in [5, 5.41) is 15.3. The molecule has 1 unspecified atom stereocenters. The van der Waals surface area contributed by atoms with Gasteiger partial charge in [-0.05, 0) is 51.5 Å². The quantitative estimate of drug-likeness (QED) is 0.248. The summed E-state index contributed by atoms with van der Waals surface area (Å²) >= 11 is 8.67. The summed E-state index contributed by atoms with van der Waals surface area (Å²) in [7, 11) is 0. The van der Waals surface area contributed by atoms with E-state index in [-0.39, 0.29) is 17.8 Å². The SMILES string of the molecule is CCn1c(SCC(=O)Nc2nc(-c3ccc(Cl)cc3)cs2)nnc1C(C)Oc1ccc(C)cc1C. The predicted octanol–water partition coefficient (Wildman–Crippen LogP) is 6.56. The van der Waals surface area contributed by atoms with Crippen LogP contribution < -0.4 is 10.1 Å². The summed E-state index contributed by atoms with van der Waals surface area (Å²) in [6, 6.07) is 13.5. The van der Waals surface area contributed by atoms with Gasteiger partial charge in [0.15, 0.2) is 22.2 Å². The monoisotopic (exact) mass is 527 g/mol. The molecule has 0 saturated heterocycles. The fraction of sp³-hybridized carbons (Fsp3) is 0.280. The number of aryl methyl sites for hydroxylation is 2. The highest BCUT2D eigenvalue weighted by Crippen LogP contribution is 2.28. The second kappa shape index (κ2) is 11.2. The zero-order valence-electron chi connectivity index (χ0n) is 19.9. The van der Waals surface area contributed by atoms with E-state index >= 15 is 0 Å². The summed E-state index contributed by atoms with van der Waals surface area (Å²) in [5.41, 5.74) is 4.01. The molecule has 0 bridgehead atoms. The van der Waals surface area contributed by atoms with Crippen LogP contribution in [-0.2, 0) is 11.3 Å². The number of nitrogens with one attached hydrogen (secondary N) is 1. The molecular weight excluding hydrogens is 502 g/mol. The molecule has 0 aliphatic rings. The number of hydrogen-bond acceptors (Lipinski definition) is 7. The Morgan fingerprint density at radius 1 is 1.20 bits per heavy atom. The Balaban J connectivity index is 1.36. The highest BCUT2D eigenvalue weighted by atomic mass is 35.5. The molecule has 0 aliphatic carbocycles. The Morgan fingerprint density at radius 2 is 1.97 bits per heavy atom. The number of hydrogen-bond donors (Lipinski definition) is 1. The van der Waals surface area contributed by atoms with Crippen LogP contribution in [0, 0.1) is 13.8 Å². The van der Waals surface area contributed by atoms with Gasteiger partial charge in [-0.25, -0.2) is 4.98 Å². The number of rotatable bonds is 9. The fourth-order valence-electron chi connectivity index (χ4n) is 3.55. The van der Waals surface area contributed by atoms with Crippen LogP contribution in [-0.4, -0.2) is 31.4 Å². The minimum absolute atomic E-state index is 0.154. The summed E-state index contributed by atoms with van der Waals surface area (Å²) < 4.78 is 8.15. The number of amides is 1. The Morgan fingerprint density at radius 3 is 2.69 bits per heavy atom. The molecule has 1 atom stereocenters. The summed E-state index contributed by atoms with van der Waals surface area (Å²) in [6.07, 6.45) is -0.284. The van der Waals surface area contributed by atoms with Crippen molar-refractivity contribution in [2.24, 2.45) is 0 Å². The van der Waals surface area contributed by atoms with Crippen molar-refractivity contribution >= 4 is 45.7 Å². The van der Waals surface area contributed by atoms with E-state index in [0.29, 0.717) is 21.9 Å². The number of carbonyl (C=O) groups is 1. The van der Waals surface area contributed by atoms with Crippen molar-refractivity contribution in [3.63, 3.8) is 0 Å². The number of halogens is 1. The lowest BCUT2D eigenvalue weighted by molar-refractivity contribution is -0.113. The normalized spacial score (nSPS) is 11.9. The third-order valence-corrected chi connectivity index (χ3v) is 7.26. The first kappa shape index (κ1) is 25.2. The van der Waals surface area contributed by atoms with Crippen molar-refractivity contribution in [2.75, 3.05) is 11.1 Å². The van der Waals surface area contributed by atoms with Gasteiger partial charge in [-0.15, -0.1) is 21.5 Å². The minimum atomic E-state index is -0.284. The van der Waals surface area contributed by atoms with E-state index in [4.69, 9.17) is 16.3 Å². The Kier molecular flexibility index (Phi) is 8.10. The molecule has 0 fully saturated rings. The van der Waals surface area contributed by atoms with Gasteiger partial charge in [0.25, 0.3) is 0 Å². The van der Waals surface area contributed by atoms with Crippen molar-refractivity contribution in [3.05, 3.63) is 69.8 Å². The number of carbonyl (C=O) groups excluding carboxylic acids is 1. The van der Waals surface area contributed by atoms with Crippen LogP contribution in [0.4, 0.5) is 5.13 Å². The third-order valence-electron chi connectivity index (χ3n) is 5.28. The van der Waals surface area contributed by atoms with Gasteiger partial charge in [0.05, 0.1) is 11.4 Å². The molecule has 1 amide bonds. The molecule has 2 heterocycles. The van der Waals surface area contributed by atoms with Crippen LogP contribution in [0.25, 0.3) is 11.3 Å². The first-order valence-corrected chi connectivity index (χ1v) is 13.4. The molecule has 10 heteroatoms. The maximum Gasteiger partial charge on any atom is 0.236 e. The van der Waals surface area contributed by atoms with Crippen LogP contribution in [0.1, 0.15) is 36.9 Å². The molecule has 4 aromatic rings. The van der Waals surface area contributed by atoms with E-state index in [9.17, 15) is 4.79 Å². The number of aromatic nitrogens is 4. The molecule has 7 nitrogen and oxygen atoms in total. The molecule has 35 heavy (non-hydrogen) atoms.